The quantitative estimate of drug-likeness (QED) is 0.850. The summed E-state index contributed by atoms with van der Waals surface area (Å²) in [4.78, 5) is 11.8. The van der Waals surface area contributed by atoms with Crippen LogP contribution in [0.2, 0.25) is 0 Å². The fourth-order valence-electron chi connectivity index (χ4n) is 1.84. The zero-order valence-corrected chi connectivity index (χ0v) is 12.7. The van der Waals surface area contributed by atoms with E-state index < -0.39 is 6.03 Å². The lowest BCUT2D eigenvalue weighted by atomic mass is 10.2. The van der Waals surface area contributed by atoms with Crippen LogP contribution in [0.5, 0.6) is 5.75 Å². The first-order chi connectivity index (χ1) is 11.2. The minimum absolute atomic E-state index is 0.108. The predicted octanol–water partition coefficient (Wildman–Crippen LogP) is 3.40. The number of ether oxygens (including phenoxy) is 1. The van der Waals surface area contributed by atoms with E-state index in [2.05, 4.69) is 22.5 Å². The molecule has 0 aromatic heterocycles. The van der Waals surface area contributed by atoms with E-state index in [1.54, 1.807) is 36.4 Å². The second-order valence-electron chi connectivity index (χ2n) is 4.52. The Bertz CT molecular complexity index is 735. The van der Waals surface area contributed by atoms with Gasteiger partial charge in [-0.1, -0.05) is 36.1 Å². The molecular weight excluding hydrogens is 295 g/mol. The van der Waals surface area contributed by atoms with Crippen LogP contribution >= 0.6 is 0 Å². The second-order valence-corrected chi connectivity index (χ2v) is 4.52. The molecule has 0 saturated carbocycles. The topological polar surface area (TPSA) is 50.4 Å². The Labute approximate surface area is 134 Å². The van der Waals surface area contributed by atoms with Gasteiger partial charge >= 0.3 is 6.03 Å². The average molecular weight is 312 g/mol. The fraction of sp³-hybridized carbons (Fsp3) is 0.167. The smallest absolute Gasteiger partial charge is 0.320 e. The molecule has 0 unspecified atom stereocenters. The third kappa shape index (κ3) is 5.04. The van der Waals surface area contributed by atoms with Gasteiger partial charge in [0.1, 0.15) is 11.6 Å². The Morgan fingerprint density at radius 2 is 1.91 bits per heavy atom. The van der Waals surface area contributed by atoms with Crippen LogP contribution in [0.15, 0.2) is 48.5 Å². The van der Waals surface area contributed by atoms with Crippen LogP contribution in [-0.2, 0) is 0 Å². The molecule has 0 heterocycles. The van der Waals surface area contributed by atoms with Crippen LogP contribution in [0.4, 0.5) is 14.9 Å². The van der Waals surface area contributed by atoms with Crippen LogP contribution in [0.3, 0.4) is 0 Å². The molecule has 4 nitrogen and oxygen atoms in total. The van der Waals surface area contributed by atoms with Gasteiger partial charge in [-0.05, 0) is 31.2 Å². The van der Waals surface area contributed by atoms with Crippen molar-refractivity contribution in [1.29, 1.82) is 0 Å². The normalized spacial score (nSPS) is 9.48. The molecule has 118 valence electrons. The first kappa shape index (κ1) is 16.4. The van der Waals surface area contributed by atoms with E-state index in [0.29, 0.717) is 23.6 Å². The number of carbonyl (C=O) groups excluding carboxylic acids is 1. The molecule has 2 aromatic rings. The summed E-state index contributed by atoms with van der Waals surface area (Å²) in [6.45, 7) is 2.49. The van der Waals surface area contributed by atoms with Crippen LogP contribution in [0.1, 0.15) is 12.5 Å². The lowest BCUT2D eigenvalue weighted by molar-refractivity contribution is 0.253. The molecule has 5 heteroatoms. The molecule has 0 spiro atoms. The molecule has 2 N–H and O–H groups in total. The number of nitrogens with one attached hydrogen (secondary N) is 2. The highest BCUT2D eigenvalue weighted by molar-refractivity contribution is 5.91. The number of amides is 2. The summed E-state index contributed by atoms with van der Waals surface area (Å²) in [5.41, 5.74) is 0.880. The number of urea groups is 1. The van der Waals surface area contributed by atoms with Gasteiger partial charge in [0.15, 0.2) is 0 Å². The molecule has 2 aromatic carbocycles. The summed E-state index contributed by atoms with van der Waals surface area (Å²) < 4.78 is 18.8. The van der Waals surface area contributed by atoms with E-state index >= 15 is 0 Å². The lowest BCUT2D eigenvalue weighted by Crippen LogP contribution is -2.29. The van der Waals surface area contributed by atoms with E-state index in [-0.39, 0.29) is 12.4 Å². The monoisotopic (exact) mass is 312 g/mol. The van der Waals surface area contributed by atoms with Crippen molar-refractivity contribution in [1.82, 2.24) is 5.32 Å². The first-order valence-corrected chi connectivity index (χ1v) is 7.20. The molecule has 2 amide bonds. The maximum Gasteiger partial charge on any atom is 0.320 e. The molecule has 2 rings (SSSR count). The molecular formula is C18H17FN2O2. The number of rotatable bonds is 4. The van der Waals surface area contributed by atoms with Crippen molar-refractivity contribution < 1.29 is 13.9 Å². The van der Waals surface area contributed by atoms with E-state index in [0.717, 1.165) is 0 Å². The van der Waals surface area contributed by atoms with Crippen LogP contribution in [0, 0.1) is 17.7 Å². The van der Waals surface area contributed by atoms with Gasteiger partial charge in [-0.15, -0.1) is 0 Å². The fourth-order valence-corrected chi connectivity index (χ4v) is 1.84. The Hall–Kier alpha value is -3.00. The number of benzene rings is 2. The van der Waals surface area contributed by atoms with E-state index in [4.69, 9.17) is 4.74 Å². The van der Waals surface area contributed by atoms with Gasteiger partial charge in [0.05, 0.1) is 24.4 Å². The Morgan fingerprint density at radius 3 is 2.70 bits per heavy atom. The third-order valence-electron chi connectivity index (χ3n) is 2.87. The van der Waals surface area contributed by atoms with Gasteiger partial charge in [-0.25, -0.2) is 9.18 Å². The van der Waals surface area contributed by atoms with Gasteiger partial charge < -0.3 is 15.4 Å². The number of halogens is 1. The van der Waals surface area contributed by atoms with E-state index in [1.807, 2.05) is 13.0 Å². The summed E-state index contributed by atoms with van der Waals surface area (Å²) in [5, 5.41) is 5.28. The van der Waals surface area contributed by atoms with Gasteiger partial charge in [-0.3, -0.25) is 0 Å². The molecule has 0 radical (unpaired) electrons. The summed E-state index contributed by atoms with van der Waals surface area (Å²) in [7, 11) is 0. The van der Waals surface area contributed by atoms with Gasteiger partial charge in [0, 0.05) is 0 Å². The molecule has 0 aliphatic heterocycles. The SMILES string of the molecule is CCOc1ccccc1NC(=O)NCC#Cc1ccccc1F. The molecule has 0 aliphatic carbocycles. The number of hydrogen-bond donors (Lipinski definition) is 2. The van der Waals surface area contributed by atoms with Gasteiger partial charge in [-0.2, -0.15) is 0 Å². The third-order valence-corrected chi connectivity index (χ3v) is 2.87. The maximum atomic E-state index is 13.4. The Morgan fingerprint density at radius 1 is 1.17 bits per heavy atom. The summed E-state index contributed by atoms with van der Waals surface area (Å²) >= 11 is 0. The van der Waals surface area contributed by atoms with Gasteiger partial charge in [0.2, 0.25) is 0 Å². The Balaban J connectivity index is 1.88. The highest BCUT2D eigenvalue weighted by Crippen LogP contribution is 2.23. The predicted molar refractivity (Wildman–Crippen MR) is 87.9 cm³/mol. The van der Waals surface area contributed by atoms with Crippen LogP contribution in [0.25, 0.3) is 0 Å². The zero-order chi connectivity index (χ0) is 16.5. The molecule has 23 heavy (non-hydrogen) atoms. The largest absolute Gasteiger partial charge is 0.492 e. The van der Waals surface area contributed by atoms with Crippen molar-refractivity contribution in [2.75, 3.05) is 18.5 Å². The van der Waals surface area contributed by atoms with E-state index in [1.165, 1.54) is 6.07 Å². The minimum Gasteiger partial charge on any atom is -0.492 e. The molecule has 0 fully saturated rings. The molecule has 0 bridgehead atoms. The minimum atomic E-state index is -0.403. The Kier molecular flexibility index (Phi) is 6.01. The van der Waals surface area contributed by atoms with Crippen LogP contribution < -0.4 is 15.4 Å². The van der Waals surface area contributed by atoms with Crippen molar-refractivity contribution in [3.63, 3.8) is 0 Å². The average Bonchev–Trinajstić information content (AvgIpc) is 2.55. The van der Waals surface area contributed by atoms with E-state index in [9.17, 15) is 9.18 Å². The molecule has 0 atom stereocenters. The van der Waals surface area contributed by atoms with Gasteiger partial charge in [0.25, 0.3) is 0 Å². The highest BCUT2D eigenvalue weighted by Gasteiger charge is 2.05. The number of anilines is 1. The van der Waals surface area contributed by atoms with Crippen molar-refractivity contribution >= 4 is 11.7 Å². The molecule has 0 aliphatic rings. The summed E-state index contributed by atoms with van der Waals surface area (Å²) in [6, 6.07) is 13.0. The van der Waals surface area contributed by atoms with Crippen molar-refractivity contribution in [3.05, 3.63) is 59.9 Å². The summed E-state index contributed by atoms with van der Waals surface area (Å²) in [6.07, 6.45) is 0. The second kappa shape index (κ2) is 8.44. The molecule has 0 saturated heterocycles. The number of para-hydroxylation sites is 2. The standard InChI is InChI=1S/C18H17FN2O2/c1-2-23-17-12-6-5-11-16(17)21-18(22)20-13-7-9-14-8-3-4-10-15(14)19/h3-6,8,10-12H,2,13H2,1H3,(H2,20,21,22). The maximum absolute atomic E-state index is 13.4. The number of carbonyl (C=O) groups is 1. The van der Waals surface area contributed by atoms with Crippen LogP contribution in [-0.4, -0.2) is 19.2 Å². The highest BCUT2D eigenvalue weighted by atomic mass is 19.1. The zero-order valence-electron chi connectivity index (χ0n) is 12.7. The number of hydrogen-bond acceptors (Lipinski definition) is 2. The lowest BCUT2D eigenvalue weighted by Gasteiger charge is -2.11. The first-order valence-electron chi connectivity index (χ1n) is 7.20. The van der Waals surface area contributed by atoms with Crippen molar-refractivity contribution in [3.8, 4) is 17.6 Å². The van der Waals surface area contributed by atoms with Crippen molar-refractivity contribution in [2.45, 2.75) is 6.92 Å². The van der Waals surface area contributed by atoms with Crippen molar-refractivity contribution in [2.24, 2.45) is 0 Å². The summed E-state index contributed by atoms with van der Waals surface area (Å²) in [5.74, 6) is 5.60.